The second-order valence-electron chi connectivity index (χ2n) is 5.91. The van der Waals surface area contributed by atoms with Crippen LogP contribution in [-0.2, 0) is 22.6 Å². The predicted molar refractivity (Wildman–Crippen MR) is 92.0 cm³/mol. The molecule has 25 heavy (non-hydrogen) atoms. The van der Waals surface area contributed by atoms with Crippen LogP contribution in [0.5, 0.6) is 5.75 Å². The monoisotopic (exact) mass is 341 g/mol. The molecule has 130 valence electrons. The van der Waals surface area contributed by atoms with Gasteiger partial charge in [-0.15, -0.1) is 0 Å². The first-order valence-electron chi connectivity index (χ1n) is 7.91. The SMILES string of the molecule is COc1cc(C)c2c(c1)N(C(=O)OCc1ccccc1)C(C(=O)O)C2. The first-order chi connectivity index (χ1) is 12.0. The van der Waals surface area contributed by atoms with Crippen molar-refractivity contribution in [3.63, 3.8) is 0 Å². The number of ether oxygens (including phenoxy) is 2. The maximum atomic E-state index is 12.6. The lowest BCUT2D eigenvalue weighted by molar-refractivity contribution is -0.138. The van der Waals surface area contributed by atoms with Crippen molar-refractivity contribution in [2.75, 3.05) is 12.0 Å². The molecular formula is C19H19NO5. The molecule has 1 amide bonds. The van der Waals surface area contributed by atoms with Crippen LogP contribution in [0.4, 0.5) is 10.5 Å². The molecule has 0 aromatic heterocycles. The molecule has 1 aliphatic heterocycles. The summed E-state index contributed by atoms with van der Waals surface area (Å²) in [5, 5.41) is 9.53. The summed E-state index contributed by atoms with van der Waals surface area (Å²) in [5.41, 5.74) is 3.08. The summed E-state index contributed by atoms with van der Waals surface area (Å²) in [6.07, 6.45) is -0.427. The van der Waals surface area contributed by atoms with Crippen LogP contribution in [0.2, 0.25) is 0 Å². The number of rotatable bonds is 4. The number of aliphatic carboxylic acids is 1. The zero-order chi connectivity index (χ0) is 18.0. The van der Waals surface area contributed by atoms with E-state index in [4.69, 9.17) is 9.47 Å². The van der Waals surface area contributed by atoms with Gasteiger partial charge in [-0.05, 0) is 29.7 Å². The normalized spacial score (nSPS) is 15.6. The molecule has 0 fully saturated rings. The number of aryl methyl sites for hydroxylation is 1. The Labute approximate surface area is 145 Å². The molecule has 3 rings (SSSR count). The number of benzene rings is 2. The smallest absolute Gasteiger partial charge is 0.415 e. The molecule has 1 aliphatic rings. The Kier molecular flexibility index (Phi) is 4.61. The standard InChI is InChI=1S/C19H19NO5/c1-12-8-14(24-2)9-16-15(12)10-17(18(21)22)20(16)19(23)25-11-13-6-4-3-5-7-13/h3-9,17H,10-11H2,1-2H3,(H,21,22). The summed E-state index contributed by atoms with van der Waals surface area (Å²) < 4.78 is 10.6. The van der Waals surface area contributed by atoms with Crippen LogP contribution in [0.15, 0.2) is 42.5 Å². The van der Waals surface area contributed by atoms with E-state index in [-0.39, 0.29) is 13.0 Å². The third kappa shape index (κ3) is 3.28. The lowest BCUT2D eigenvalue weighted by atomic mass is 10.0. The second kappa shape index (κ2) is 6.84. The van der Waals surface area contributed by atoms with Crippen LogP contribution < -0.4 is 9.64 Å². The zero-order valence-electron chi connectivity index (χ0n) is 14.1. The Morgan fingerprint density at radius 3 is 2.60 bits per heavy atom. The topological polar surface area (TPSA) is 76.1 Å². The Balaban J connectivity index is 1.88. The van der Waals surface area contributed by atoms with E-state index in [1.54, 1.807) is 6.07 Å². The van der Waals surface area contributed by atoms with Crippen molar-refractivity contribution in [1.82, 2.24) is 0 Å². The van der Waals surface area contributed by atoms with Gasteiger partial charge in [0.05, 0.1) is 12.8 Å². The number of amides is 1. The van der Waals surface area contributed by atoms with Crippen molar-refractivity contribution in [2.24, 2.45) is 0 Å². The Hall–Kier alpha value is -3.02. The van der Waals surface area contributed by atoms with Crippen LogP contribution in [0, 0.1) is 6.92 Å². The molecule has 6 nitrogen and oxygen atoms in total. The third-order valence-electron chi connectivity index (χ3n) is 4.31. The minimum atomic E-state index is -1.06. The number of carbonyl (C=O) groups is 2. The predicted octanol–water partition coefficient (Wildman–Crippen LogP) is 3.16. The van der Waals surface area contributed by atoms with Gasteiger partial charge in [-0.25, -0.2) is 9.59 Å². The maximum absolute atomic E-state index is 12.6. The van der Waals surface area contributed by atoms with Gasteiger partial charge in [0.1, 0.15) is 18.4 Å². The highest BCUT2D eigenvalue weighted by molar-refractivity contribution is 5.99. The van der Waals surface area contributed by atoms with Crippen LogP contribution >= 0.6 is 0 Å². The fourth-order valence-corrected chi connectivity index (χ4v) is 3.03. The van der Waals surface area contributed by atoms with Crippen molar-refractivity contribution in [3.8, 4) is 5.75 Å². The van der Waals surface area contributed by atoms with Crippen LogP contribution in [0.3, 0.4) is 0 Å². The number of methoxy groups -OCH3 is 1. The summed E-state index contributed by atoms with van der Waals surface area (Å²) in [4.78, 5) is 25.5. The molecule has 1 heterocycles. The number of carboxylic acids is 1. The van der Waals surface area contributed by atoms with E-state index < -0.39 is 18.1 Å². The molecule has 0 radical (unpaired) electrons. The fourth-order valence-electron chi connectivity index (χ4n) is 3.03. The highest BCUT2D eigenvalue weighted by Gasteiger charge is 2.40. The average Bonchev–Trinajstić information content (AvgIpc) is 3.01. The van der Waals surface area contributed by atoms with E-state index in [9.17, 15) is 14.7 Å². The van der Waals surface area contributed by atoms with E-state index in [2.05, 4.69) is 0 Å². The lowest BCUT2D eigenvalue weighted by Crippen LogP contribution is -2.43. The van der Waals surface area contributed by atoms with E-state index in [0.717, 1.165) is 16.7 Å². The van der Waals surface area contributed by atoms with Gasteiger partial charge in [-0.1, -0.05) is 30.3 Å². The third-order valence-corrected chi connectivity index (χ3v) is 4.31. The summed E-state index contributed by atoms with van der Waals surface area (Å²) in [5.74, 6) is -0.491. The minimum Gasteiger partial charge on any atom is -0.497 e. The number of fused-ring (bicyclic) bond motifs is 1. The van der Waals surface area contributed by atoms with Gasteiger partial charge in [0.25, 0.3) is 0 Å². The summed E-state index contributed by atoms with van der Waals surface area (Å²) >= 11 is 0. The number of nitrogens with zero attached hydrogens (tertiary/aromatic N) is 1. The van der Waals surface area contributed by atoms with Crippen LogP contribution in [0.25, 0.3) is 0 Å². The average molecular weight is 341 g/mol. The number of carbonyl (C=O) groups excluding carboxylic acids is 1. The van der Waals surface area contributed by atoms with E-state index in [0.29, 0.717) is 11.4 Å². The first kappa shape index (κ1) is 16.8. The lowest BCUT2D eigenvalue weighted by Gasteiger charge is -2.22. The van der Waals surface area contributed by atoms with Gasteiger partial charge < -0.3 is 14.6 Å². The van der Waals surface area contributed by atoms with Gasteiger partial charge >= 0.3 is 12.1 Å². The first-order valence-corrected chi connectivity index (χ1v) is 7.91. The molecule has 0 aliphatic carbocycles. The van der Waals surface area contributed by atoms with Crippen molar-refractivity contribution in [3.05, 3.63) is 59.2 Å². The molecule has 2 aromatic carbocycles. The zero-order valence-corrected chi connectivity index (χ0v) is 14.1. The van der Waals surface area contributed by atoms with Gasteiger partial charge in [0.2, 0.25) is 0 Å². The van der Waals surface area contributed by atoms with Crippen LogP contribution in [0.1, 0.15) is 16.7 Å². The van der Waals surface area contributed by atoms with Crippen molar-refractivity contribution in [2.45, 2.75) is 26.0 Å². The molecule has 2 aromatic rings. The fraction of sp³-hybridized carbons (Fsp3) is 0.263. The molecule has 0 saturated carbocycles. The molecular weight excluding hydrogens is 322 g/mol. The number of anilines is 1. The highest BCUT2D eigenvalue weighted by atomic mass is 16.6. The van der Waals surface area contributed by atoms with Crippen LogP contribution in [-0.4, -0.2) is 30.3 Å². The largest absolute Gasteiger partial charge is 0.497 e. The maximum Gasteiger partial charge on any atom is 0.415 e. The van der Waals surface area contributed by atoms with E-state index in [1.165, 1.54) is 12.0 Å². The Morgan fingerprint density at radius 1 is 1.24 bits per heavy atom. The van der Waals surface area contributed by atoms with E-state index >= 15 is 0 Å². The van der Waals surface area contributed by atoms with Crippen molar-refractivity contribution >= 4 is 17.7 Å². The molecule has 0 bridgehead atoms. The molecule has 1 atom stereocenters. The van der Waals surface area contributed by atoms with Gasteiger partial charge in [0, 0.05) is 12.5 Å². The van der Waals surface area contributed by atoms with Gasteiger partial charge in [0.15, 0.2) is 0 Å². The van der Waals surface area contributed by atoms with E-state index in [1.807, 2.05) is 43.3 Å². The Morgan fingerprint density at radius 2 is 1.96 bits per heavy atom. The van der Waals surface area contributed by atoms with Crippen molar-refractivity contribution in [1.29, 1.82) is 0 Å². The number of hydrogen-bond donors (Lipinski definition) is 1. The molecule has 0 saturated heterocycles. The number of carboxylic acid groups (broad SMARTS) is 1. The summed E-state index contributed by atoms with van der Waals surface area (Å²) in [7, 11) is 1.53. The summed E-state index contributed by atoms with van der Waals surface area (Å²) in [6.45, 7) is 1.96. The summed E-state index contributed by atoms with van der Waals surface area (Å²) in [6, 6.07) is 11.8. The minimum absolute atomic E-state index is 0.0841. The molecule has 0 spiro atoms. The van der Waals surface area contributed by atoms with Gasteiger partial charge in [-0.3, -0.25) is 4.90 Å². The molecule has 1 unspecified atom stereocenters. The second-order valence-corrected chi connectivity index (χ2v) is 5.91. The number of hydrogen-bond acceptors (Lipinski definition) is 4. The highest BCUT2D eigenvalue weighted by Crippen LogP contribution is 2.38. The Bertz CT molecular complexity index is 803. The van der Waals surface area contributed by atoms with Gasteiger partial charge in [-0.2, -0.15) is 0 Å². The van der Waals surface area contributed by atoms with Crippen molar-refractivity contribution < 1.29 is 24.2 Å². The quantitative estimate of drug-likeness (QED) is 0.924. The molecule has 6 heteroatoms. The molecule has 1 N–H and O–H groups in total.